The third kappa shape index (κ3) is 3.08. The van der Waals surface area contributed by atoms with E-state index in [1.807, 2.05) is 0 Å². The van der Waals surface area contributed by atoms with Crippen LogP contribution in [0.25, 0.3) is 0 Å². The quantitative estimate of drug-likeness (QED) is 0.670. The molecule has 12 heavy (non-hydrogen) atoms. The monoisotopic (exact) mass is 195 g/mol. The van der Waals surface area contributed by atoms with E-state index in [0.717, 1.165) is 0 Å². The van der Waals surface area contributed by atoms with Crippen molar-refractivity contribution in [3.8, 4) is 0 Å². The van der Waals surface area contributed by atoms with E-state index < -0.39 is 20.8 Å². The Morgan fingerprint density at radius 3 is 2.08 bits per heavy atom. The molecule has 0 aromatic rings. The van der Waals surface area contributed by atoms with Gasteiger partial charge in [0.2, 0.25) is 10.0 Å². The second-order valence-corrected chi connectivity index (χ2v) is 6.28. The van der Waals surface area contributed by atoms with Crippen LogP contribution in [0.2, 0.25) is 0 Å². The van der Waals surface area contributed by atoms with Crippen LogP contribution in [-0.2, 0) is 10.0 Å². The molecule has 0 amide bonds. The third-order valence-electron chi connectivity index (χ3n) is 1.44. The zero-order valence-corrected chi connectivity index (χ0v) is 8.77. The summed E-state index contributed by atoms with van der Waals surface area (Å²) in [6.07, 6.45) is 0. The first-order valence-electron chi connectivity index (χ1n) is 3.83. The molecular weight excluding hydrogens is 178 g/mol. The van der Waals surface area contributed by atoms with Gasteiger partial charge in [0.05, 0.1) is 11.4 Å². The van der Waals surface area contributed by atoms with Crippen LogP contribution < -0.4 is 4.72 Å². The van der Waals surface area contributed by atoms with Crippen molar-refractivity contribution in [1.29, 1.82) is 0 Å². The van der Waals surface area contributed by atoms with Gasteiger partial charge in [0.15, 0.2) is 0 Å². The van der Waals surface area contributed by atoms with E-state index >= 15 is 0 Å². The Kier molecular flexibility index (Phi) is 3.68. The molecule has 0 spiro atoms. The molecule has 5 heteroatoms. The average molecular weight is 195 g/mol. The van der Waals surface area contributed by atoms with Crippen LogP contribution >= 0.6 is 0 Å². The average Bonchev–Trinajstić information content (AvgIpc) is 1.84. The van der Waals surface area contributed by atoms with Crippen LogP contribution in [0, 0.1) is 0 Å². The molecule has 2 N–H and O–H groups in total. The molecule has 74 valence electrons. The molecule has 0 saturated carbocycles. The summed E-state index contributed by atoms with van der Waals surface area (Å²) in [4.78, 5) is 0. The minimum atomic E-state index is -3.32. The Balaban J connectivity index is 4.46. The topological polar surface area (TPSA) is 66.4 Å². The van der Waals surface area contributed by atoms with Gasteiger partial charge in [-0.3, -0.25) is 0 Å². The fourth-order valence-electron chi connectivity index (χ4n) is 0.479. The molecule has 1 atom stereocenters. The molecule has 0 saturated heterocycles. The summed E-state index contributed by atoms with van der Waals surface area (Å²) < 4.78 is 24.3. The predicted molar refractivity (Wildman–Crippen MR) is 48.4 cm³/mol. The first-order chi connectivity index (χ1) is 5.20. The van der Waals surface area contributed by atoms with Crippen molar-refractivity contribution in [3.63, 3.8) is 0 Å². The molecule has 0 aliphatic carbocycles. The van der Waals surface area contributed by atoms with Gasteiger partial charge in [-0.05, 0) is 27.7 Å². The summed E-state index contributed by atoms with van der Waals surface area (Å²) in [5.41, 5.74) is 0. The number of hydrogen-bond donors (Lipinski definition) is 2. The summed E-state index contributed by atoms with van der Waals surface area (Å²) in [5.74, 6) is 0. The smallest absolute Gasteiger partial charge is 0.216 e. The minimum Gasteiger partial charge on any atom is -0.395 e. The van der Waals surface area contributed by atoms with E-state index in [4.69, 9.17) is 5.11 Å². The Labute approximate surface area is 74.0 Å². The molecule has 0 aliphatic heterocycles. The molecule has 0 aliphatic rings. The zero-order chi connectivity index (χ0) is 9.99. The lowest BCUT2D eigenvalue weighted by Gasteiger charge is -2.22. The van der Waals surface area contributed by atoms with Crippen molar-refractivity contribution < 1.29 is 13.5 Å². The summed E-state index contributed by atoms with van der Waals surface area (Å²) in [6, 6.07) is -0.422. The van der Waals surface area contributed by atoms with Gasteiger partial charge < -0.3 is 5.11 Å². The summed E-state index contributed by atoms with van der Waals surface area (Å²) in [6.45, 7) is 6.26. The van der Waals surface area contributed by atoms with E-state index in [0.29, 0.717) is 0 Å². The Bertz CT molecular complexity index is 228. The first-order valence-corrected chi connectivity index (χ1v) is 5.32. The van der Waals surface area contributed by atoms with E-state index in [-0.39, 0.29) is 6.61 Å². The highest BCUT2D eigenvalue weighted by molar-refractivity contribution is 7.90. The van der Waals surface area contributed by atoms with Crippen LogP contribution in [0.4, 0.5) is 0 Å². The van der Waals surface area contributed by atoms with E-state index in [9.17, 15) is 8.42 Å². The van der Waals surface area contributed by atoms with Gasteiger partial charge in [-0.15, -0.1) is 0 Å². The minimum absolute atomic E-state index is 0.185. The molecule has 0 bridgehead atoms. The van der Waals surface area contributed by atoms with Crippen LogP contribution in [0.1, 0.15) is 27.7 Å². The predicted octanol–water partition coefficient (Wildman–Crippen LogP) is 0.0851. The number of sulfonamides is 1. The highest BCUT2D eigenvalue weighted by Crippen LogP contribution is 2.13. The van der Waals surface area contributed by atoms with E-state index in [2.05, 4.69) is 4.72 Å². The van der Waals surface area contributed by atoms with Crippen molar-refractivity contribution in [2.45, 2.75) is 38.5 Å². The van der Waals surface area contributed by atoms with Crippen molar-refractivity contribution in [3.05, 3.63) is 0 Å². The maximum absolute atomic E-state index is 11.4. The van der Waals surface area contributed by atoms with Gasteiger partial charge in [0.25, 0.3) is 0 Å². The highest BCUT2D eigenvalue weighted by atomic mass is 32.2. The van der Waals surface area contributed by atoms with Gasteiger partial charge in [0.1, 0.15) is 0 Å². The molecule has 0 heterocycles. The van der Waals surface area contributed by atoms with Gasteiger partial charge in [0, 0.05) is 6.04 Å². The highest BCUT2D eigenvalue weighted by Gasteiger charge is 2.29. The molecule has 0 aromatic carbocycles. The zero-order valence-electron chi connectivity index (χ0n) is 7.96. The molecule has 0 unspecified atom stereocenters. The summed E-state index contributed by atoms with van der Waals surface area (Å²) >= 11 is 0. The molecule has 0 aromatic heterocycles. The van der Waals surface area contributed by atoms with Crippen molar-refractivity contribution in [1.82, 2.24) is 4.72 Å². The SMILES string of the molecule is C[C@H](CO)NS(=O)(=O)C(C)(C)C. The van der Waals surface area contributed by atoms with Gasteiger partial charge in [-0.1, -0.05) is 0 Å². The number of aliphatic hydroxyl groups is 1. The fraction of sp³-hybridized carbons (Fsp3) is 1.00. The standard InChI is InChI=1S/C7H17NO3S/c1-6(5-9)8-12(10,11)7(2,3)4/h6,8-9H,5H2,1-4H3/t6-/m1/s1. The van der Waals surface area contributed by atoms with Crippen molar-refractivity contribution in [2.75, 3.05) is 6.61 Å². The van der Waals surface area contributed by atoms with Crippen LogP contribution in [0.5, 0.6) is 0 Å². The van der Waals surface area contributed by atoms with Crippen molar-refractivity contribution >= 4 is 10.0 Å². The van der Waals surface area contributed by atoms with E-state index in [1.165, 1.54) is 0 Å². The maximum Gasteiger partial charge on any atom is 0.216 e. The Morgan fingerprint density at radius 2 is 1.83 bits per heavy atom. The van der Waals surface area contributed by atoms with Crippen LogP contribution in [-0.4, -0.2) is 30.9 Å². The third-order valence-corrected chi connectivity index (χ3v) is 3.76. The summed E-state index contributed by atoms with van der Waals surface area (Å²) in [5, 5.41) is 8.64. The Hall–Kier alpha value is -0.130. The molecule has 4 nitrogen and oxygen atoms in total. The molecule has 0 rings (SSSR count). The lowest BCUT2D eigenvalue weighted by atomic mass is 10.3. The molecular formula is C7H17NO3S. The van der Waals surface area contributed by atoms with Crippen molar-refractivity contribution in [2.24, 2.45) is 0 Å². The second-order valence-electron chi connectivity index (χ2n) is 3.82. The lowest BCUT2D eigenvalue weighted by Crippen LogP contribution is -2.44. The van der Waals surface area contributed by atoms with Gasteiger partial charge >= 0.3 is 0 Å². The lowest BCUT2D eigenvalue weighted by molar-refractivity contribution is 0.264. The maximum atomic E-state index is 11.4. The normalized spacial score (nSPS) is 16.1. The van der Waals surface area contributed by atoms with Gasteiger partial charge in [-0.2, -0.15) is 0 Å². The summed E-state index contributed by atoms with van der Waals surface area (Å²) in [7, 11) is -3.32. The fourth-order valence-corrected chi connectivity index (χ4v) is 1.44. The van der Waals surface area contributed by atoms with Crippen LogP contribution in [0.15, 0.2) is 0 Å². The number of aliphatic hydroxyl groups excluding tert-OH is 1. The number of hydrogen-bond acceptors (Lipinski definition) is 3. The van der Waals surface area contributed by atoms with E-state index in [1.54, 1.807) is 27.7 Å². The molecule has 0 fully saturated rings. The first kappa shape index (κ1) is 11.9. The van der Waals surface area contributed by atoms with Gasteiger partial charge in [-0.25, -0.2) is 13.1 Å². The molecule has 0 radical (unpaired) electrons. The number of rotatable bonds is 3. The van der Waals surface area contributed by atoms with Crippen LogP contribution in [0.3, 0.4) is 0 Å². The number of nitrogens with one attached hydrogen (secondary N) is 1. The largest absolute Gasteiger partial charge is 0.395 e. The second kappa shape index (κ2) is 3.72. The Morgan fingerprint density at radius 1 is 1.42 bits per heavy atom.